The molecule has 0 bridgehead atoms. The van der Waals surface area contributed by atoms with Crippen molar-refractivity contribution in [1.29, 1.82) is 0 Å². The Hall–Kier alpha value is -1.63. The van der Waals surface area contributed by atoms with E-state index in [2.05, 4.69) is 10.1 Å². The fraction of sp³-hybridized carbons (Fsp3) is 0.417. The summed E-state index contributed by atoms with van der Waals surface area (Å²) < 4.78 is 54.1. The van der Waals surface area contributed by atoms with Crippen molar-refractivity contribution >= 4 is 5.97 Å². The number of rotatable bonds is 4. The van der Waals surface area contributed by atoms with Crippen molar-refractivity contribution in [2.24, 2.45) is 0 Å². The summed E-state index contributed by atoms with van der Waals surface area (Å²) in [6.07, 6.45) is -4.48. The number of ether oxygens (including phenoxy) is 1. The van der Waals surface area contributed by atoms with E-state index >= 15 is 0 Å². The van der Waals surface area contributed by atoms with E-state index in [0.29, 0.717) is 0 Å². The Morgan fingerprint density at radius 2 is 1.79 bits per heavy atom. The lowest BCUT2D eigenvalue weighted by molar-refractivity contribution is -0.153. The van der Waals surface area contributed by atoms with Crippen LogP contribution in [0.2, 0.25) is 0 Å². The first-order valence-corrected chi connectivity index (χ1v) is 5.35. The number of hydrogen-bond acceptors (Lipinski definition) is 3. The van der Waals surface area contributed by atoms with E-state index in [4.69, 9.17) is 0 Å². The molecule has 1 rings (SSSR count). The van der Waals surface area contributed by atoms with Crippen LogP contribution in [0.5, 0.6) is 0 Å². The van der Waals surface area contributed by atoms with Crippen LogP contribution >= 0.6 is 0 Å². The number of carbonyl (C=O) groups excluding carboxylic acids is 1. The summed E-state index contributed by atoms with van der Waals surface area (Å²) >= 11 is 0. The highest BCUT2D eigenvalue weighted by molar-refractivity contribution is 5.82. The zero-order valence-electron chi connectivity index (χ0n) is 10.3. The van der Waals surface area contributed by atoms with Gasteiger partial charge in [0, 0.05) is 0 Å². The fourth-order valence-electron chi connectivity index (χ4n) is 1.56. The minimum absolute atomic E-state index is 0.185. The van der Waals surface area contributed by atoms with E-state index in [1.165, 1.54) is 19.1 Å². The first kappa shape index (κ1) is 15.4. The average Bonchev–Trinajstić information content (AvgIpc) is 2.35. The minimum Gasteiger partial charge on any atom is -0.467 e. The normalized spacial score (nSPS) is 14.8. The number of hydrogen-bond donors (Lipinski definition) is 1. The molecule has 0 spiro atoms. The molecule has 1 aromatic rings. The number of alkyl halides is 3. The first-order valence-electron chi connectivity index (χ1n) is 5.35. The summed E-state index contributed by atoms with van der Waals surface area (Å²) in [7, 11) is 1.07. The number of methoxy groups -OCH3 is 1. The molecule has 0 saturated carbocycles. The zero-order chi connectivity index (χ0) is 14.7. The molecule has 106 valence electrons. The van der Waals surface area contributed by atoms with E-state index in [0.717, 1.165) is 19.2 Å². The second-order valence-corrected chi connectivity index (χ2v) is 4.09. The van der Waals surface area contributed by atoms with Gasteiger partial charge in [0.15, 0.2) is 0 Å². The van der Waals surface area contributed by atoms with Crippen molar-refractivity contribution in [3.8, 4) is 0 Å². The Kier molecular flexibility index (Phi) is 4.52. The molecule has 0 aliphatic carbocycles. The molecule has 0 fully saturated rings. The number of halogens is 4. The molecule has 3 nitrogen and oxygen atoms in total. The van der Waals surface area contributed by atoms with Crippen LogP contribution in [0, 0.1) is 5.82 Å². The van der Waals surface area contributed by atoms with Crippen LogP contribution in [0.4, 0.5) is 17.6 Å². The standard InChI is InChI=1S/C12H13F4NO2/c1-11(10(18)19-2,17-7-12(14,15)16)8-3-5-9(13)6-4-8/h3-6,17H,7H2,1-2H3. The van der Waals surface area contributed by atoms with Gasteiger partial charge in [-0.05, 0) is 24.6 Å². The summed E-state index contributed by atoms with van der Waals surface area (Å²) in [6.45, 7) is -0.117. The monoisotopic (exact) mass is 279 g/mol. The molecule has 0 saturated heterocycles. The predicted octanol–water partition coefficient (Wildman–Crippen LogP) is 2.37. The molecule has 0 heterocycles. The van der Waals surface area contributed by atoms with Gasteiger partial charge >= 0.3 is 12.1 Å². The third kappa shape index (κ3) is 3.92. The van der Waals surface area contributed by atoms with Gasteiger partial charge in [0.05, 0.1) is 13.7 Å². The van der Waals surface area contributed by atoms with Gasteiger partial charge < -0.3 is 4.74 Å². The summed E-state index contributed by atoms with van der Waals surface area (Å²) in [5, 5.41) is 2.10. The van der Waals surface area contributed by atoms with Gasteiger partial charge in [-0.3, -0.25) is 5.32 Å². The van der Waals surface area contributed by atoms with Gasteiger partial charge in [-0.25, -0.2) is 9.18 Å². The molecular formula is C12H13F4NO2. The maximum absolute atomic E-state index is 12.8. The van der Waals surface area contributed by atoms with Crippen LogP contribution < -0.4 is 5.32 Å². The third-order valence-electron chi connectivity index (χ3n) is 2.66. The van der Waals surface area contributed by atoms with Gasteiger partial charge in [-0.2, -0.15) is 13.2 Å². The van der Waals surface area contributed by atoms with Gasteiger partial charge in [-0.1, -0.05) is 12.1 Å². The molecule has 1 unspecified atom stereocenters. The summed E-state index contributed by atoms with van der Waals surface area (Å²) in [5.41, 5.74) is -1.51. The lowest BCUT2D eigenvalue weighted by Crippen LogP contribution is -2.50. The smallest absolute Gasteiger partial charge is 0.401 e. The second kappa shape index (κ2) is 5.56. The molecule has 0 radical (unpaired) electrons. The highest BCUT2D eigenvalue weighted by atomic mass is 19.4. The van der Waals surface area contributed by atoms with Crippen molar-refractivity contribution < 1.29 is 27.1 Å². The van der Waals surface area contributed by atoms with Gasteiger partial charge in [0.1, 0.15) is 11.4 Å². The molecule has 1 aromatic carbocycles. The number of esters is 1. The summed E-state index contributed by atoms with van der Waals surface area (Å²) in [4.78, 5) is 11.7. The number of nitrogens with one attached hydrogen (secondary N) is 1. The Labute approximate surface area is 107 Å². The largest absolute Gasteiger partial charge is 0.467 e. The van der Waals surface area contributed by atoms with Crippen molar-refractivity contribution in [3.63, 3.8) is 0 Å². The highest BCUT2D eigenvalue weighted by Crippen LogP contribution is 2.24. The van der Waals surface area contributed by atoms with Crippen molar-refractivity contribution in [3.05, 3.63) is 35.6 Å². The van der Waals surface area contributed by atoms with E-state index in [1.807, 2.05) is 0 Å². The molecule has 0 aromatic heterocycles. The van der Waals surface area contributed by atoms with Crippen molar-refractivity contribution in [1.82, 2.24) is 5.32 Å². The van der Waals surface area contributed by atoms with Gasteiger partial charge in [0.25, 0.3) is 0 Å². The fourth-order valence-corrected chi connectivity index (χ4v) is 1.56. The second-order valence-electron chi connectivity index (χ2n) is 4.09. The van der Waals surface area contributed by atoms with Gasteiger partial charge in [-0.15, -0.1) is 0 Å². The SMILES string of the molecule is COC(=O)C(C)(NCC(F)(F)F)c1ccc(F)cc1. The number of carbonyl (C=O) groups is 1. The predicted molar refractivity (Wildman–Crippen MR) is 59.8 cm³/mol. The molecule has 0 amide bonds. The molecule has 0 aliphatic heterocycles. The zero-order valence-corrected chi connectivity index (χ0v) is 10.3. The van der Waals surface area contributed by atoms with E-state index in [9.17, 15) is 22.4 Å². The van der Waals surface area contributed by atoms with E-state index < -0.39 is 30.0 Å². The average molecular weight is 279 g/mol. The Morgan fingerprint density at radius 1 is 1.26 bits per heavy atom. The quantitative estimate of drug-likeness (QED) is 0.679. The molecule has 1 atom stereocenters. The van der Waals surface area contributed by atoms with Crippen LogP contribution in [0.15, 0.2) is 24.3 Å². The molecule has 7 heteroatoms. The minimum atomic E-state index is -4.48. The Morgan fingerprint density at radius 3 is 2.21 bits per heavy atom. The first-order chi connectivity index (χ1) is 8.69. The van der Waals surface area contributed by atoms with Crippen LogP contribution in [-0.2, 0) is 15.1 Å². The van der Waals surface area contributed by atoms with Crippen LogP contribution in [0.25, 0.3) is 0 Å². The maximum atomic E-state index is 12.8. The summed E-state index contributed by atoms with van der Waals surface area (Å²) in [6, 6.07) is 4.59. The van der Waals surface area contributed by atoms with E-state index in [-0.39, 0.29) is 5.56 Å². The lowest BCUT2D eigenvalue weighted by Gasteiger charge is -2.29. The molecular weight excluding hydrogens is 266 g/mol. The molecule has 19 heavy (non-hydrogen) atoms. The van der Waals surface area contributed by atoms with Gasteiger partial charge in [0.2, 0.25) is 0 Å². The molecule has 0 aliphatic rings. The number of benzene rings is 1. The lowest BCUT2D eigenvalue weighted by atomic mass is 9.92. The van der Waals surface area contributed by atoms with Crippen molar-refractivity contribution in [2.45, 2.75) is 18.6 Å². The molecule has 1 N–H and O–H groups in total. The maximum Gasteiger partial charge on any atom is 0.401 e. The van der Waals surface area contributed by atoms with Crippen LogP contribution in [0.1, 0.15) is 12.5 Å². The summed E-state index contributed by atoms with van der Waals surface area (Å²) in [5.74, 6) is -1.44. The topological polar surface area (TPSA) is 38.3 Å². The highest BCUT2D eigenvalue weighted by Gasteiger charge is 2.40. The third-order valence-corrected chi connectivity index (χ3v) is 2.66. The van der Waals surface area contributed by atoms with E-state index in [1.54, 1.807) is 0 Å². The van der Waals surface area contributed by atoms with Crippen LogP contribution in [-0.4, -0.2) is 25.8 Å². The van der Waals surface area contributed by atoms with Crippen molar-refractivity contribution in [2.75, 3.05) is 13.7 Å². The Balaban J connectivity index is 3.06. The van der Waals surface area contributed by atoms with Crippen LogP contribution in [0.3, 0.4) is 0 Å². The Bertz CT molecular complexity index is 444.